The second-order valence-electron chi connectivity index (χ2n) is 5.88. The quantitative estimate of drug-likeness (QED) is 0.685. The van der Waals surface area contributed by atoms with Crippen LogP contribution in [0.5, 0.6) is 0 Å². The first-order valence-corrected chi connectivity index (χ1v) is 9.78. The maximum absolute atomic E-state index is 12.5. The molecule has 0 aliphatic carbocycles. The van der Waals surface area contributed by atoms with E-state index in [0.29, 0.717) is 30.8 Å². The molecule has 0 saturated carbocycles. The van der Waals surface area contributed by atoms with E-state index in [1.165, 1.54) is 16.2 Å². The second-order valence-corrected chi connectivity index (χ2v) is 8.34. The molecule has 2 amide bonds. The molecule has 1 aromatic rings. The van der Waals surface area contributed by atoms with Crippen LogP contribution in [-0.4, -0.2) is 66.2 Å². The topological polar surface area (TPSA) is 76.2 Å². The number of ether oxygens (including phenoxy) is 2. The summed E-state index contributed by atoms with van der Waals surface area (Å²) >= 11 is 4.77. The highest BCUT2D eigenvalue weighted by Gasteiger charge is 2.44. The van der Waals surface area contributed by atoms with Crippen LogP contribution in [0, 0.1) is 0 Å². The van der Waals surface area contributed by atoms with E-state index in [-0.39, 0.29) is 25.2 Å². The Balaban J connectivity index is 1.62. The third-order valence-electron chi connectivity index (χ3n) is 4.40. The van der Waals surface area contributed by atoms with Crippen molar-refractivity contribution in [2.75, 3.05) is 26.3 Å². The molecular formula is C16H19BrN2O5S. The van der Waals surface area contributed by atoms with Crippen LogP contribution in [0.3, 0.4) is 0 Å². The molecule has 0 bridgehead atoms. The Bertz CT molecular complexity index is 671. The number of cyclic esters (lactones) is 1. The van der Waals surface area contributed by atoms with Gasteiger partial charge >= 0.3 is 12.1 Å². The minimum atomic E-state index is -0.687. The van der Waals surface area contributed by atoms with E-state index in [9.17, 15) is 14.4 Å². The van der Waals surface area contributed by atoms with E-state index in [4.69, 9.17) is 9.47 Å². The van der Waals surface area contributed by atoms with Crippen LogP contribution >= 0.6 is 27.3 Å². The summed E-state index contributed by atoms with van der Waals surface area (Å²) in [6, 6.07) is 2.85. The zero-order valence-electron chi connectivity index (χ0n) is 13.8. The van der Waals surface area contributed by atoms with Gasteiger partial charge in [0.25, 0.3) is 5.91 Å². The Morgan fingerprint density at radius 2 is 2.08 bits per heavy atom. The number of hydrogen-bond donors (Lipinski definition) is 0. The molecule has 0 radical (unpaired) electrons. The van der Waals surface area contributed by atoms with Gasteiger partial charge in [-0.15, -0.1) is 11.3 Å². The zero-order chi connectivity index (χ0) is 18.0. The van der Waals surface area contributed by atoms with Crippen LogP contribution in [-0.2, 0) is 14.3 Å². The van der Waals surface area contributed by atoms with Crippen LogP contribution in [0.1, 0.15) is 29.4 Å². The summed E-state index contributed by atoms with van der Waals surface area (Å²) in [6.45, 7) is 3.10. The van der Waals surface area contributed by atoms with Gasteiger partial charge < -0.3 is 14.4 Å². The SMILES string of the molecule is CCOC(=O)[C@@H]1COC(=O)N1C1CCN(C(=O)c2ccc(Br)s2)CC1. The van der Waals surface area contributed by atoms with Crippen LogP contribution in [0.25, 0.3) is 0 Å². The number of thiophene rings is 1. The van der Waals surface area contributed by atoms with Gasteiger partial charge in [-0.2, -0.15) is 0 Å². The fourth-order valence-electron chi connectivity index (χ4n) is 3.19. The van der Waals surface area contributed by atoms with Crippen molar-refractivity contribution in [2.24, 2.45) is 0 Å². The summed E-state index contributed by atoms with van der Waals surface area (Å²) in [5.74, 6) is -0.435. The molecule has 25 heavy (non-hydrogen) atoms. The van der Waals surface area contributed by atoms with Gasteiger partial charge in [-0.3, -0.25) is 9.69 Å². The van der Waals surface area contributed by atoms with Crippen LogP contribution in [0.4, 0.5) is 4.79 Å². The van der Waals surface area contributed by atoms with Gasteiger partial charge in [-0.1, -0.05) is 0 Å². The number of likely N-dealkylation sites (tertiary alicyclic amines) is 1. The summed E-state index contributed by atoms with van der Waals surface area (Å²) in [5, 5.41) is 0. The summed E-state index contributed by atoms with van der Waals surface area (Å²) in [5.41, 5.74) is 0. The standard InChI is InChI=1S/C16H19BrN2O5S/c1-2-23-15(21)11-9-24-16(22)19(11)10-5-7-18(8-6-10)14(20)12-3-4-13(17)25-12/h3-4,10-11H,2,5-9H2,1H3/t11-/m0/s1. The average molecular weight is 431 g/mol. The lowest BCUT2D eigenvalue weighted by Crippen LogP contribution is -2.52. The summed E-state index contributed by atoms with van der Waals surface area (Å²) in [6.07, 6.45) is 0.747. The molecule has 2 fully saturated rings. The van der Waals surface area contributed by atoms with Crippen LogP contribution < -0.4 is 0 Å². The zero-order valence-corrected chi connectivity index (χ0v) is 16.2. The van der Waals surface area contributed by atoms with Gasteiger partial charge in [0.2, 0.25) is 0 Å². The van der Waals surface area contributed by atoms with Gasteiger partial charge in [-0.25, -0.2) is 9.59 Å². The van der Waals surface area contributed by atoms with Crippen molar-refractivity contribution >= 4 is 45.2 Å². The first-order valence-electron chi connectivity index (χ1n) is 8.17. The number of esters is 1. The van der Waals surface area contributed by atoms with Gasteiger partial charge in [0.05, 0.1) is 15.3 Å². The molecule has 0 unspecified atom stereocenters. The average Bonchev–Trinajstić information content (AvgIpc) is 3.20. The van der Waals surface area contributed by atoms with Crippen molar-refractivity contribution in [1.29, 1.82) is 0 Å². The van der Waals surface area contributed by atoms with Gasteiger partial charge in [0.15, 0.2) is 6.04 Å². The highest BCUT2D eigenvalue weighted by molar-refractivity contribution is 9.11. The summed E-state index contributed by atoms with van der Waals surface area (Å²) in [4.78, 5) is 40.5. The predicted octanol–water partition coefficient (Wildman–Crippen LogP) is 2.50. The first-order chi connectivity index (χ1) is 12.0. The Morgan fingerprint density at radius 3 is 2.68 bits per heavy atom. The molecule has 2 aliphatic rings. The lowest BCUT2D eigenvalue weighted by molar-refractivity contribution is -0.148. The smallest absolute Gasteiger partial charge is 0.410 e. The number of hydrogen-bond acceptors (Lipinski definition) is 6. The fourth-order valence-corrected chi connectivity index (χ4v) is 4.54. The molecule has 2 saturated heterocycles. The highest BCUT2D eigenvalue weighted by Crippen LogP contribution is 2.27. The Morgan fingerprint density at radius 1 is 1.36 bits per heavy atom. The largest absolute Gasteiger partial charge is 0.464 e. The molecule has 0 N–H and O–H groups in total. The van der Waals surface area contributed by atoms with Crippen molar-refractivity contribution < 1.29 is 23.9 Å². The van der Waals surface area contributed by atoms with Crippen molar-refractivity contribution in [3.8, 4) is 0 Å². The maximum Gasteiger partial charge on any atom is 0.410 e. The lowest BCUT2D eigenvalue weighted by atomic mass is 10.0. The molecule has 1 aromatic heterocycles. The van der Waals surface area contributed by atoms with E-state index in [1.54, 1.807) is 17.9 Å². The highest BCUT2D eigenvalue weighted by atomic mass is 79.9. The molecule has 2 aliphatic heterocycles. The number of carbonyl (C=O) groups is 3. The molecule has 9 heteroatoms. The van der Waals surface area contributed by atoms with Crippen molar-refractivity contribution in [2.45, 2.75) is 31.8 Å². The van der Waals surface area contributed by atoms with Crippen LogP contribution in [0.15, 0.2) is 15.9 Å². The summed E-state index contributed by atoms with van der Waals surface area (Å²) < 4.78 is 11.0. The summed E-state index contributed by atoms with van der Waals surface area (Å²) in [7, 11) is 0. The van der Waals surface area contributed by atoms with E-state index in [0.717, 1.165) is 3.79 Å². The minimum absolute atomic E-state index is 0.0000844. The maximum atomic E-state index is 12.5. The molecule has 1 atom stereocenters. The fraction of sp³-hybridized carbons (Fsp3) is 0.562. The molecule has 136 valence electrons. The second kappa shape index (κ2) is 7.74. The molecule has 3 heterocycles. The molecule has 3 rings (SSSR count). The minimum Gasteiger partial charge on any atom is -0.464 e. The predicted molar refractivity (Wildman–Crippen MR) is 94.6 cm³/mol. The lowest BCUT2D eigenvalue weighted by Gasteiger charge is -2.37. The van der Waals surface area contributed by atoms with E-state index in [1.807, 2.05) is 6.07 Å². The molecule has 0 spiro atoms. The first kappa shape index (κ1) is 18.2. The van der Waals surface area contributed by atoms with Gasteiger partial charge in [0.1, 0.15) is 6.61 Å². The van der Waals surface area contributed by atoms with Crippen molar-refractivity contribution in [1.82, 2.24) is 9.80 Å². The number of piperidine rings is 1. The molecule has 7 nitrogen and oxygen atoms in total. The molecule has 0 aromatic carbocycles. The third kappa shape index (κ3) is 3.82. The van der Waals surface area contributed by atoms with Crippen LogP contribution in [0.2, 0.25) is 0 Å². The molecular weight excluding hydrogens is 412 g/mol. The van der Waals surface area contributed by atoms with E-state index >= 15 is 0 Å². The Labute approximate surface area is 158 Å². The monoisotopic (exact) mass is 430 g/mol. The normalized spacial score (nSPS) is 21.4. The number of rotatable bonds is 4. The Kier molecular flexibility index (Phi) is 5.63. The van der Waals surface area contributed by atoms with E-state index in [2.05, 4.69) is 15.9 Å². The van der Waals surface area contributed by atoms with Crippen molar-refractivity contribution in [3.05, 3.63) is 20.8 Å². The van der Waals surface area contributed by atoms with Gasteiger partial charge in [-0.05, 0) is 47.8 Å². The number of carbonyl (C=O) groups excluding carboxylic acids is 3. The number of halogens is 1. The third-order valence-corrected chi connectivity index (χ3v) is 6.01. The van der Waals surface area contributed by atoms with E-state index < -0.39 is 18.1 Å². The van der Waals surface area contributed by atoms with Crippen molar-refractivity contribution in [3.63, 3.8) is 0 Å². The Hall–Kier alpha value is -1.61. The number of nitrogens with zero attached hydrogens (tertiary/aromatic N) is 2. The van der Waals surface area contributed by atoms with Gasteiger partial charge in [0, 0.05) is 19.1 Å². The number of amides is 2.